The van der Waals surface area contributed by atoms with E-state index in [4.69, 9.17) is 18.6 Å². The van der Waals surface area contributed by atoms with Crippen molar-refractivity contribution in [3.8, 4) is 40.1 Å². The fraction of sp³-hybridized carbons (Fsp3) is 0.318. The van der Waals surface area contributed by atoms with Crippen LogP contribution >= 0.6 is 0 Å². The molecule has 1 fully saturated rings. The van der Waals surface area contributed by atoms with Crippen LogP contribution in [0.15, 0.2) is 39.5 Å². The molecule has 1 aliphatic rings. The molecule has 1 saturated heterocycles. The number of phenols is 3. The van der Waals surface area contributed by atoms with Crippen molar-refractivity contribution in [2.45, 2.75) is 37.6 Å². The molecule has 6 N–H and O–H groups in total. The average Bonchev–Trinajstić information content (AvgIpc) is 2.77. The second kappa shape index (κ2) is 8.45. The minimum Gasteiger partial charge on any atom is -0.508 e. The zero-order valence-corrected chi connectivity index (χ0v) is 17.5. The highest BCUT2D eigenvalue weighted by molar-refractivity contribution is 5.88. The number of rotatable bonds is 4. The molecule has 1 aromatic heterocycles. The lowest BCUT2D eigenvalue weighted by Crippen LogP contribution is -2.58. The molecule has 1 aliphatic heterocycles. The second-order valence-electron chi connectivity index (χ2n) is 7.61. The summed E-state index contributed by atoms with van der Waals surface area (Å²) >= 11 is 0. The van der Waals surface area contributed by atoms with Gasteiger partial charge in [0.25, 0.3) is 0 Å². The zero-order valence-electron chi connectivity index (χ0n) is 17.5. The maximum atomic E-state index is 13.3. The second-order valence-corrected chi connectivity index (χ2v) is 7.61. The standard InChI is InChI=1S/C22H22O11/c1-8-16(26)18(28)19(29)22(31-8)33-21-17(27)15-12(25)6-10(23)7-14(15)32-20(21)9-3-4-11(24)13(5-9)30-2/h3-8,16,18-19,22-26,28-29H,1-2H3/t8?,16-,18?,19-,22-/m0/s1. The molecule has 2 heterocycles. The van der Waals surface area contributed by atoms with Crippen LogP contribution in [0.1, 0.15) is 6.92 Å². The number of aromatic hydroxyl groups is 3. The first-order valence-corrected chi connectivity index (χ1v) is 9.88. The zero-order chi connectivity index (χ0) is 24.0. The van der Waals surface area contributed by atoms with Gasteiger partial charge in [0.05, 0.1) is 13.2 Å². The highest BCUT2D eigenvalue weighted by atomic mass is 16.7. The molecule has 0 amide bonds. The van der Waals surface area contributed by atoms with Gasteiger partial charge in [-0.05, 0) is 25.1 Å². The molecule has 0 saturated carbocycles. The van der Waals surface area contributed by atoms with E-state index in [-0.39, 0.29) is 39.5 Å². The Hall–Kier alpha value is -3.51. The Balaban J connectivity index is 1.93. The Bertz CT molecular complexity index is 1250. The van der Waals surface area contributed by atoms with Gasteiger partial charge in [-0.25, -0.2) is 0 Å². The first kappa shape index (κ1) is 22.7. The summed E-state index contributed by atoms with van der Waals surface area (Å²) in [5.41, 5.74) is -0.818. The summed E-state index contributed by atoms with van der Waals surface area (Å²) in [4.78, 5) is 13.3. The van der Waals surface area contributed by atoms with E-state index in [9.17, 15) is 35.4 Å². The average molecular weight is 462 g/mol. The number of ether oxygens (including phenoxy) is 3. The Morgan fingerprint density at radius 1 is 0.939 bits per heavy atom. The van der Waals surface area contributed by atoms with Crippen molar-refractivity contribution in [3.63, 3.8) is 0 Å². The van der Waals surface area contributed by atoms with Crippen LogP contribution in [0.4, 0.5) is 0 Å². The molecular weight excluding hydrogens is 440 g/mol. The molecule has 2 aromatic carbocycles. The van der Waals surface area contributed by atoms with Gasteiger partial charge >= 0.3 is 0 Å². The summed E-state index contributed by atoms with van der Waals surface area (Å²) in [5.74, 6) is -1.74. The van der Waals surface area contributed by atoms with E-state index in [1.165, 1.54) is 32.2 Å². The lowest BCUT2D eigenvalue weighted by molar-refractivity contribution is -0.268. The van der Waals surface area contributed by atoms with E-state index in [2.05, 4.69) is 0 Å². The van der Waals surface area contributed by atoms with Crippen LogP contribution < -0.4 is 14.9 Å². The predicted octanol–water partition coefficient (Wildman–Crippen LogP) is 0.792. The van der Waals surface area contributed by atoms with Gasteiger partial charge in [-0.3, -0.25) is 4.79 Å². The maximum Gasteiger partial charge on any atom is 0.239 e. The first-order chi connectivity index (χ1) is 15.6. The number of fused-ring (bicyclic) bond motifs is 1. The van der Waals surface area contributed by atoms with Gasteiger partial charge in [0, 0.05) is 17.7 Å². The van der Waals surface area contributed by atoms with Crippen LogP contribution in [0.5, 0.6) is 28.7 Å². The Kier molecular flexibility index (Phi) is 5.80. The van der Waals surface area contributed by atoms with E-state index in [1.807, 2.05) is 0 Å². The van der Waals surface area contributed by atoms with Gasteiger partial charge in [-0.15, -0.1) is 0 Å². The number of aliphatic hydroxyl groups is 3. The summed E-state index contributed by atoms with van der Waals surface area (Å²) < 4.78 is 21.9. The number of hydrogen-bond donors (Lipinski definition) is 6. The maximum absolute atomic E-state index is 13.3. The third-order valence-electron chi connectivity index (χ3n) is 5.40. The minimum absolute atomic E-state index is 0.0565. The van der Waals surface area contributed by atoms with Crippen LogP contribution in [0, 0.1) is 0 Å². The van der Waals surface area contributed by atoms with Crippen molar-refractivity contribution in [1.29, 1.82) is 0 Å². The molecule has 11 heteroatoms. The van der Waals surface area contributed by atoms with E-state index < -0.39 is 47.6 Å². The van der Waals surface area contributed by atoms with Gasteiger partial charge < -0.3 is 49.3 Å². The number of phenolic OH excluding ortho intramolecular Hbond substituents is 3. The molecule has 176 valence electrons. The Labute approximate surface area is 186 Å². The Morgan fingerprint density at radius 3 is 2.36 bits per heavy atom. The Morgan fingerprint density at radius 2 is 1.67 bits per heavy atom. The molecule has 33 heavy (non-hydrogen) atoms. The fourth-order valence-electron chi connectivity index (χ4n) is 3.61. The first-order valence-electron chi connectivity index (χ1n) is 9.88. The number of aliphatic hydroxyl groups excluding tert-OH is 3. The third-order valence-corrected chi connectivity index (χ3v) is 5.40. The van der Waals surface area contributed by atoms with Crippen molar-refractivity contribution in [1.82, 2.24) is 0 Å². The SMILES string of the molecule is COc1cc(-c2oc3cc(O)cc(O)c3c(=O)c2O[C@@H]2OC(C)[C@H](O)C(O)[C@@H]2O)ccc1O. The van der Waals surface area contributed by atoms with Crippen molar-refractivity contribution in [2.75, 3.05) is 7.11 Å². The summed E-state index contributed by atoms with van der Waals surface area (Å²) in [6.45, 7) is 1.44. The summed E-state index contributed by atoms with van der Waals surface area (Å²) in [6.07, 6.45) is -7.24. The topological polar surface area (TPSA) is 179 Å². The van der Waals surface area contributed by atoms with E-state index >= 15 is 0 Å². The smallest absolute Gasteiger partial charge is 0.239 e. The number of benzene rings is 2. The van der Waals surface area contributed by atoms with Crippen molar-refractivity contribution < 1.29 is 49.3 Å². The van der Waals surface area contributed by atoms with Gasteiger partial charge in [0.15, 0.2) is 17.3 Å². The largest absolute Gasteiger partial charge is 0.508 e. The van der Waals surface area contributed by atoms with E-state index in [1.54, 1.807) is 0 Å². The van der Waals surface area contributed by atoms with Crippen LogP contribution in [0.3, 0.4) is 0 Å². The van der Waals surface area contributed by atoms with Crippen molar-refractivity contribution >= 4 is 11.0 Å². The molecule has 0 bridgehead atoms. The highest BCUT2D eigenvalue weighted by Gasteiger charge is 2.44. The van der Waals surface area contributed by atoms with Crippen molar-refractivity contribution in [3.05, 3.63) is 40.6 Å². The summed E-state index contributed by atoms with van der Waals surface area (Å²) in [7, 11) is 1.32. The molecule has 2 unspecified atom stereocenters. The molecule has 0 aliphatic carbocycles. The summed E-state index contributed by atoms with van der Waals surface area (Å²) in [6, 6.07) is 6.11. The quantitative estimate of drug-likeness (QED) is 0.323. The molecule has 11 nitrogen and oxygen atoms in total. The van der Waals surface area contributed by atoms with E-state index in [0.29, 0.717) is 0 Å². The number of hydrogen-bond acceptors (Lipinski definition) is 11. The monoisotopic (exact) mass is 462 g/mol. The lowest BCUT2D eigenvalue weighted by Gasteiger charge is -2.38. The van der Waals surface area contributed by atoms with Crippen LogP contribution in [0.25, 0.3) is 22.3 Å². The molecular formula is C22H22O11. The normalized spacial score (nSPS) is 25.2. The number of methoxy groups -OCH3 is 1. The molecule has 0 spiro atoms. The van der Waals surface area contributed by atoms with E-state index in [0.717, 1.165) is 12.1 Å². The van der Waals surface area contributed by atoms with Crippen LogP contribution in [0.2, 0.25) is 0 Å². The molecule has 0 radical (unpaired) electrons. The van der Waals surface area contributed by atoms with Crippen LogP contribution in [-0.4, -0.2) is 68.5 Å². The lowest BCUT2D eigenvalue weighted by atomic mass is 10.00. The van der Waals surface area contributed by atoms with Crippen LogP contribution in [-0.2, 0) is 4.74 Å². The highest BCUT2D eigenvalue weighted by Crippen LogP contribution is 2.39. The fourth-order valence-corrected chi connectivity index (χ4v) is 3.61. The molecule has 5 atom stereocenters. The summed E-state index contributed by atoms with van der Waals surface area (Å²) in [5, 5.41) is 60.0. The van der Waals surface area contributed by atoms with Gasteiger partial charge in [0.2, 0.25) is 17.5 Å². The third kappa shape index (κ3) is 3.91. The molecule has 3 aromatic rings. The van der Waals surface area contributed by atoms with Gasteiger partial charge in [-0.2, -0.15) is 0 Å². The van der Waals surface area contributed by atoms with Gasteiger partial charge in [0.1, 0.15) is 40.8 Å². The minimum atomic E-state index is -1.72. The predicted molar refractivity (Wildman–Crippen MR) is 112 cm³/mol. The van der Waals surface area contributed by atoms with Crippen molar-refractivity contribution in [2.24, 2.45) is 0 Å². The molecule has 4 rings (SSSR count). The van der Waals surface area contributed by atoms with Gasteiger partial charge in [-0.1, -0.05) is 0 Å².